The maximum atomic E-state index is 12.2. The smallest absolute Gasteiger partial charge is 0.258 e. The largest absolute Gasteiger partial charge is 0.484 e. The van der Waals surface area contributed by atoms with Crippen molar-refractivity contribution in [2.75, 3.05) is 6.61 Å². The lowest BCUT2D eigenvalue weighted by Gasteiger charge is -2.16. The van der Waals surface area contributed by atoms with E-state index in [1.807, 2.05) is 19.1 Å². The standard InChI is InChI=1S/C20H25ClN2O4S/c1-13(2)23-28(25,26)18-9-10-19(14(3)11-18)27-12-20(24)22-15(4)16-5-7-17(21)8-6-16/h5-11,13,15,23H,12H2,1-4H3,(H,22,24)/t15-/m0/s1. The number of halogens is 1. The number of nitrogens with one attached hydrogen (secondary N) is 2. The van der Waals surface area contributed by atoms with Crippen molar-refractivity contribution in [2.45, 2.75) is 44.7 Å². The topological polar surface area (TPSA) is 84.5 Å². The zero-order valence-corrected chi connectivity index (χ0v) is 17.9. The average Bonchev–Trinajstić information content (AvgIpc) is 2.60. The van der Waals surface area contributed by atoms with Gasteiger partial charge in [-0.3, -0.25) is 4.79 Å². The molecule has 28 heavy (non-hydrogen) atoms. The Labute approximate surface area is 171 Å². The van der Waals surface area contributed by atoms with Gasteiger partial charge in [0.1, 0.15) is 5.75 Å². The number of hydrogen-bond acceptors (Lipinski definition) is 4. The van der Waals surface area contributed by atoms with Crippen LogP contribution in [0.15, 0.2) is 47.4 Å². The van der Waals surface area contributed by atoms with Crippen molar-refractivity contribution in [2.24, 2.45) is 0 Å². The van der Waals surface area contributed by atoms with Crippen LogP contribution in [0.5, 0.6) is 5.75 Å². The van der Waals surface area contributed by atoms with Crippen LogP contribution in [0.4, 0.5) is 0 Å². The maximum Gasteiger partial charge on any atom is 0.258 e. The first-order valence-corrected chi connectivity index (χ1v) is 10.7. The van der Waals surface area contributed by atoms with E-state index in [4.69, 9.17) is 16.3 Å². The van der Waals surface area contributed by atoms with Crippen LogP contribution >= 0.6 is 11.6 Å². The maximum absolute atomic E-state index is 12.2. The molecule has 2 aromatic rings. The summed E-state index contributed by atoms with van der Waals surface area (Å²) in [6, 6.07) is 11.4. The first kappa shape index (κ1) is 22.2. The van der Waals surface area contributed by atoms with Crippen LogP contribution in [0.3, 0.4) is 0 Å². The number of aryl methyl sites for hydroxylation is 1. The minimum Gasteiger partial charge on any atom is -0.484 e. The van der Waals surface area contributed by atoms with Crippen molar-refractivity contribution >= 4 is 27.5 Å². The molecule has 0 radical (unpaired) electrons. The number of hydrogen-bond donors (Lipinski definition) is 2. The minimum atomic E-state index is -3.57. The number of carbonyl (C=O) groups is 1. The highest BCUT2D eigenvalue weighted by atomic mass is 35.5. The van der Waals surface area contributed by atoms with E-state index in [0.29, 0.717) is 16.3 Å². The molecule has 1 amide bonds. The van der Waals surface area contributed by atoms with Gasteiger partial charge in [-0.1, -0.05) is 23.7 Å². The number of amides is 1. The molecule has 0 aliphatic heterocycles. The summed E-state index contributed by atoms with van der Waals surface area (Å²) in [6.45, 7) is 6.94. The average molecular weight is 425 g/mol. The Balaban J connectivity index is 1.96. The third-order valence-electron chi connectivity index (χ3n) is 3.95. The zero-order chi connectivity index (χ0) is 20.9. The summed E-state index contributed by atoms with van der Waals surface area (Å²) in [5.41, 5.74) is 1.56. The molecule has 0 unspecified atom stereocenters. The van der Waals surface area contributed by atoms with E-state index in [1.54, 1.807) is 39.0 Å². The zero-order valence-electron chi connectivity index (χ0n) is 16.3. The molecule has 0 heterocycles. The Hall–Kier alpha value is -2.09. The number of rotatable bonds is 8. The van der Waals surface area contributed by atoms with E-state index in [2.05, 4.69) is 10.0 Å². The first-order valence-electron chi connectivity index (χ1n) is 8.89. The van der Waals surface area contributed by atoms with E-state index in [9.17, 15) is 13.2 Å². The highest BCUT2D eigenvalue weighted by Crippen LogP contribution is 2.22. The van der Waals surface area contributed by atoms with Gasteiger partial charge in [0, 0.05) is 11.1 Å². The van der Waals surface area contributed by atoms with Gasteiger partial charge in [-0.25, -0.2) is 13.1 Å². The van der Waals surface area contributed by atoms with E-state index in [0.717, 1.165) is 5.56 Å². The van der Waals surface area contributed by atoms with Gasteiger partial charge in [0.2, 0.25) is 10.0 Å². The molecule has 8 heteroatoms. The van der Waals surface area contributed by atoms with E-state index in [1.165, 1.54) is 12.1 Å². The second-order valence-electron chi connectivity index (χ2n) is 6.83. The van der Waals surface area contributed by atoms with Crippen molar-refractivity contribution in [1.29, 1.82) is 0 Å². The summed E-state index contributed by atoms with van der Waals surface area (Å²) in [4.78, 5) is 12.3. The predicted octanol–water partition coefficient (Wildman–Crippen LogP) is 3.59. The second-order valence-corrected chi connectivity index (χ2v) is 8.98. The summed E-state index contributed by atoms with van der Waals surface area (Å²) in [5.74, 6) is 0.179. The third kappa shape index (κ3) is 6.22. The Bertz CT molecular complexity index is 928. The SMILES string of the molecule is Cc1cc(S(=O)(=O)NC(C)C)ccc1OCC(=O)N[C@@H](C)c1ccc(Cl)cc1. The first-order chi connectivity index (χ1) is 13.1. The van der Waals surface area contributed by atoms with Gasteiger partial charge >= 0.3 is 0 Å². The van der Waals surface area contributed by atoms with Gasteiger partial charge in [0.05, 0.1) is 10.9 Å². The number of carbonyl (C=O) groups excluding carboxylic acids is 1. The van der Waals surface area contributed by atoms with Crippen molar-refractivity contribution < 1.29 is 17.9 Å². The number of sulfonamides is 1. The van der Waals surface area contributed by atoms with Crippen LogP contribution in [0.25, 0.3) is 0 Å². The molecule has 0 aliphatic rings. The van der Waals surface area contributed by atoms with Crippen molar-refractivity contribution in [3.8, 4) is 5.75 Å². The quantitative estimate of drug-likeness (QED) is 0.678. The molecule has 2 rings (SSSR count). The summed E-state index contributed by atoms with van der Waals surface area (Å²) in [7, 11) is -3.57. The van der Waals surface area contributed by atoms with Gasteiger partial charge in [-0.2, -0.15) is 0 Å². The lowest BCUT2D eigenvalue weighted by molar-refractivity contribution is -0.123. The molecule has 0 spiro atoms. The van der Waals surface area contributed by atoms with Gasteiger partial charge in [-0.05, 0) is 69.2 Å². The normalized spacial score (nSPS) is 12.6. The molecule has 0 aliphatic carbocycles. The fourth-order valence-corrected chi connectivity index (χ4v) is 4.05. The highest BCUT2D eigenvalue weighted by Gasteiger charge is 2.17. The molecule has 152 valence electrons. The van der Waals surface area contributed by atoms with Crippen molar-refractivity contribution in [1.82, 2.24) is 10.0 Å². The predicted molar refractivity (Wildman–Crippen MR) is 110 cm³/mol. The van der Waals surface area contributed by atoms with E-state index < -0.39 is 10.0 Å². The molecule has 0 saturated heterocycles. The Morgan fingerprint density at radius 3 is 2.32 bits per heavy atom. The van der Waals surface area contributed by atoms with Crippen LogP contribution in [0.2, 0.25) is 5.02 Å². The van der Waals surface area contributed by atoms with Gasteiger partial charge in [0.25, 0.3) is 5.91 Å². The molecular formula is C20H25ClN2O4S. The monoisotopic (exact) mass is 424 g/mol. The molecular weight excluding hydrogens is 400 g/mol. The van der Waals surface area contributed by atoms with Crippen molar-refractivity contribution in [3.05, 3.63) is 58.6 Å². The third-order valence-corrected chi connectivity index (χ3v) is 5.86. The Morgan fingerprint density at radius 2 is 1.75 bits per heavy atom. The molecule has 2 N–H and O–H groups in total. The Kier molecular flexibility index (Phi) is 7.46. The van der Waals surface area contributed by atoms with Gasteiger partial charge < -0.3 is 10.1 Å². The Morgan fingerprint density at radius 1 is 1.11 bits per heavy atom. The van der Waals surface area contributed by atoms with Crippen LogP contribution in [0.1, 0.15) is 37.9 Å². The fraction of sp³-hybridized carbons (Fsp3) is 0.350. The minimum absolute atomic E-state index is 0.159. The summed E-state index contributed by atoms with van der Waals surface area (Å²) in [6.07, 6.45) is 0. The van der Waals surface area contributed by atoms with E-state index in [-0.39, 0.29) is 29.5 Å². The number of ether oxygens (including phenoxy) is 1. The molecule has 6 nitrogen and oxygen atoms in total. The van der Waals surface area contributed by atoms with Crippen molar-refractivity contribution in [3.63, 3.8) is 0 Å². The van der Waals surface area contributed by atoms with Crippen LogP contribution in [0, 0.1) is 6.92 Å². The summed E-state index contributed by atoms with van der Waals surface area (Å²) in [5, 5.41) is 3.48. The molecule has 0 fully saturated rings. The lowest BCUT2D eigenvalue weighted by atomic mass is 10.1. The molecule has 1 atom stereocenters. The molecule has 0 saturated carbocycles. The number of benzene rings is 2. The molecule has 0 bridgehead atoms. The second kappa shape index (κ2) is 9.41. The molecule has 0 aromatic heterocycles. The lowest BCUT2D eigenvalue weighted by Crippen LogP contribution is -2.31. The van der Waals surface area contributed by atoms with Gasteiger partial charge in [0.15, 0.2) is 6.61 Å². The summed E-state index contributed by atoms with van der Waals surface area (Å²) < 4.78 is 32.5. The molecule has 2 aromatic carbocycles. The summed E-state index contributed by atoms with van der Waals surface area (Å²) >= 11 is 5.87. The highest BCUT2D eigenvalue weighted by molar-refractivity contribution is 7.89. The van der Waals surface area contributed by atoms with Crippen LogP contribution in [-0.2, 0) is 14.8 Å². The van der Waals surface area contributed by atoms with Crippen LogP contribution < -0.4 is 14.8 Å². The fourth-order valence-electron chi connectivity index (χ4n) is 2.59. The van der Waals surface area contributed by atoms with Gasteiger partial charge in [-0.15, -0.1) is 0 Å². The van der Waals surface area contributed by atoms with Crippen LogP contribution in [-0.4, -0.2) is 27.0 Å². The van der Waals surface area contributed by atoms with E-state index >= 15 is 0 Å².